The molecule has 18 heavy (non-hydrogen) atoms. The Kier molecular flexibility index (Phi) is 4.14. The molecule has 1 atom stereocenters. The van der Waals surface area contributed by atoms with Crippen LogP contribution in [0.2, 0.25) is 0 Å². The predicted octanol–water partition coefficient (Wildman–Crippen LogP) is 2.76. The molecule has 0 amide bonds. The third-order valence-corrected chi connectivity index (χ3v) is 5.87. The number of hydrogen-bond donors (Lipinski definition) is 1. The first-order valence-corrected chi connectivity index (χ1v) is 8.51. The molecule has 0 spiro atoms. The maximum atomic E-state index is 12.2. The van der Waals surface area contributed by atoms with E-state index in [1.54, 1.807) is 6.07 Å². The molecule has 1 aliphatic rings. The van der Waals surface area contributed by atoms with Crippen LogP contribution in [0, 0.1) is 19.8 Å². The molecule has 1 N–H and O–H groups in total. The fourth-order valence-electron chi connectivity index (χ4n) is 1.89. The lowest BCUT2D eigenvalue weighted by atomic mass is 10.2. The topological polar surface area (TPSA) is 46.2 Å². The van der Waals surface area contributed by atoms with Gasteiger partial charge in [-0.3, -0.25) is 0 Å². The summed E-state index contributed by atoms with van der Waals surface area (Å²) in [7, 11) is -3.39. The van der Waals surface area contributed by atoms with E-state index in [2.05, 4.69) is 20.7 Å². The number of sulfonamides is 1. The second-order valence-electron chi connectivity index (χ2n) is 4.97. The van der Waals surface area contributed by atoms with E-state index in [9.17, 15) is 8.42 Å². The third kappa shape index (κ3) is 3.33. The minimum Gasteiger partial charge on any atom is -0.210 e. The van der Waals surface area contributed by atoms with Gasteiger partial charge in [0.25, 0.3) is 0 Å². The molecule has 5 heteroatoms. The standard InChI is InChI=1S/C13H18BrNO2S/c1-9-3-4-10(2)13(7-9)18(16,17)15-8-12(14)11-5-6-11/h3-4,7,11-12,15H,5-6,8H2,1-2H3. The number of aryl methyl sites for hydroxylation is 2. The number of rotatable bonds is 5. The summed E-state index contributed by atoms with van der Waals surface area (Å²) in [4.78, 5) is 0.635. The normalized spacial score (nSPS) is 17.7. The van der Waals surface area contributed by atoms with E-state index in [4.69, 9.17) is 0 Å². The van der Waals surface area contributed by atoms with Crippen molar-refractivity contribution in [3.8, 4) is 0 Å². The van der Waals surface area contributed by atoms with E-state index in [-0.39, 0.29) is 4.83 Å². The predicted molar refractivity (Wildman–Crippen MR) is 76.5 cm³/mol. The van der Waals surface area contributed by atoms with Gasteiger partial charge in [0.1, 0.15) is 0 Å². The van der Waals surface area contributed by atoms with Gasteiger partial charge in [-0.2, -0.15) is 0 Å². The maximum absolute atomic E-state index is 12.2. The molecule has 1 fully saturated rings. The summed E-state index contributed by atoms with van der Waals surface area (Å²) < 4.78 is 27.1. The lowest BCUT2D eigenvalue weighted by molar-refractivity contribution is 0.577. The van der Waals surface area contributed by atoms with Gasteiger partial charge >= 0.3 is 0 Å². The van der Waals surface area contributed by atoms with Crippen molar-refractivity contribution in [3.05, 3.63) is 29.3 Å². The molecule has 1 aromatic rings. The average Bonchev–Trinajstić information content (AvgIpc) is 3.13. The van der Waals surface area contributed by atoms with E-state index in [1.807, 2.05) is 26.0 Å². The molecule has 1 aliphatic carbocycles. The van der Waals surface area contributed by atoms with Crippen LogP contribution in [0.15, 0.2) is 23.1 Å². The van der Waals surface area contributed by atoms with Crippen molar-refractivity contribution in [2.75, 3.05) is 6.54 Å². The largest absolute Gasteiger partial charge is 0.240 e. The molecular weight excluding hydrogens is 314 g/mol. The van der Waals surface area contributed by atoms with Gasteiger partial charge in [-0.1, -0.05) is 28.1 Å². The zero-order chi connectivity index (χ0) is 13.3. The summed E-state index contributed by atoms with van der Waals surface area (Å²) >= 11 is 3.54. The molecule has 0 radical (unpaired) electrons. The average molecular weight is 332 g/mol. The molecule has 1 aromatic carbocycles. The van der Waals surface area contributed by atoms with E-state index < -0.39 is 10.0 Å². The monoisotopic (exact) mass is 331 g/mol. The van der Waals surface area contributed by atoms with Crippen LogP contribution in [0.25, 0.3) is 0 Å². The van der Waals surface area contributed by atoms with Crippen LogP contribution in [-0.4, -0.2) is 19.8 Å². The minimum atomic E-state index is -3.39. The molecule has 1 unspecified atom stereocenters. The van der Waals surface area contributed by atoms with Crippen molar-refractivity contribution >= 4 is 26.0 Å². The van der Waals surface area contributed by atoms with Crippen LogP contribution in [0.3, 0.4) is 0 Å². The Morgan fingerprint density at radius 1 is 1.39 bits per heavy atom. The summed E-state index contributed by atoms with van der Waals surface area (Å²) in [5.74, 6) is 0.631. The van der Waals surface area contributed by atoms with Crippen LogP contribution in [0.1, 0.15) is 24.0 Å². The lowest BCUT2D eigenvalue weighted by Crippen LogP contribution is -2.31. The smallest absolute Gasteiger partial charge is 0.210 e. The minimum absolute atomic E-state index is 0.248. The summed E-state index contributed by atoms with van der Waals surface area (Å²) in [6.07, 6.45) is 2.39. The molecule has 3 nitrogen and oxygen atoms in total. The number of benzene rings is 1. The molecule has 0 aliphatic heterocycles. The summed E-state index contributed by atoms with van der Waals surface area (Å²) in [5.41, 5.74) is 1.74. The van der Waals surface area contributed by atoms with Crippen molar-refractivity contribution < 1.29 is 8.42 Å². The molecule has 0 bridgehead atoms. The van der Waals surface area contributed by atoms with Crippen molar-refractivity contribution in [2.24, 2.45) is 5.92 Å². The van der Waals surface area contributed by atoms with Crippen LogP contribution < -0.4 is 4.72 Å². The van der Waals surface area contributed by atoms with E-state index >= 15 is 0 Å². The zero-order valence-electron chi connectivity index (χ0n) is 10.6. The Bertz CT molecular complexity index is 538. The molecule has 100 valence electrons. The Labute approximate surface area is 117 Å². The van der Waals surface area contributed by atoms with Gasteiger partial charge in [0.15, 0.2) is 0 Å². The van der Waals surface area contributed by atoms with Crippen LogP contribution in [-0.2, 0) is 10.0 Å². The van der Waals surface area contributed by atoms with Gasteiger partial charge in [-0.25, -0.2) is 13.1 Å². The SMILES string of the molecule is Cc1ccc(C)c(S(=O)(=O)NCC(Br)C2CC2)c1. The second-order valence-corrected chi connectivity index (χ2v) is 7.89. The zero-order valence-corrected chi connectivity index (χ0v) is 13.0. The van der Waals surface area contributed by atoms with E-state index in [0.29, 0.717) is 17.4 Å². The van der Waals surface area contributed by atoms with Crippen molar-refractivity contribution in [2.45, 2.75) is 36.4 Å². The highest BCUT2D eigenvalue weighted by atomic mass is 79.9. The maximum Gasteiger partial charge on any atom is 0.240 e. The molecule has 2 rings (SSSR count). The molecule has 0 heterocycles. The number of halogens is 1. The van der Waals surface area contributed by atoms with Gasteiger partial charge in [0.05, 0.1) is 4.90 Å². The highest BCUT2D eigenvalue weighted by Gasteiger charge is 2.30. The first-order chi connectivity index (χ1) is 8.40. The Morgan fingerprint density at radius 2 is 2.06 bits per heavy atom. The highest BCUT2D eigenvalue weighted by Crippen LogP contribution is 2.36. The fourth-order valence-corrected chi connectivity index (χ4v) is 4.18. The van der Waals surface area contributed by atoms with Crippen LogP contribution in [0.4, 0.5) is 0 Å². The first-order valence-electron chi connectivity index (χ1n) is 6.11. The molecular formula is C13H18BrNO2S. The van der Waals surface area contributed by atoms with Gasteiger partial charge in [0.2, 0.25) is 10.0 Å². The third-order valence-electron chi connectivity index (χ3n) is 3.24. The summed E-state index contributed by atoms with van der Waals surface area (Å²) in [5, 5.41) is 0. The molecule has 0 saturated heterocycles. The summed E-state index contributed by atoms with van der Waals surface area (Å²) in [6.45, 7) is 4.18. The van der Waals surface area contributed by atoms with E-state index in [0.717, 1.165) is 11.1 Å². The Hall–Kier alpha value is -0.390. The van der Waals surface area contributed by atoms with Gasteiger partial charge in [-0.05, 0) is 49.8 Å². The van der Waals surface area contributed by atoms with E-state index in [1.165, 1.54) is 12.8 Å². The molecule has 0 aromatic heterocycles. The lowest BCUT2D eigenvalue weighted by Gasteiger charge is -2.12. The molecule has 1 saturated carbocycles. The number of hydrogen-bond acceptors (Lipinski definition) is 2. The van der Waals surface area contributed by atoms with Gasteiger partial charge in [0, 0.05) is 11.4 Å². The van der Waals surface area contributed by atoms with Crippen molar-refractivity contribution in [3.63, 3.8) is 0 Å². The second kappa shape index (κ2) is 5.31. The quantitative estimate of drug-likeness (QED) is 0.843. The van der Waals surface area contributed by atoms with Crippen molar-refractivity contribution in [1.29, 1.82) is 0 Å². The van der Waals surface area contributed by atoms with Gasteiger partial charge in [-0.15, -0.1) is 0 Å². The highest BCUT2D eigenvalue weighted by molar-refractivity contribution is 9.09. The number of alkyl halides is 1. The van der Waals surface area contributed by atoms with Crippen LogP contribution >= 0.6 is 15.9 Å². The number of nitrogens with one attached hydrogen (secondary N) is 1. The first kappa shape index (κ1) is 14.0. The Balaban J connectivity index is 2.11. The Morgan fingerprint density at radius 3 is 2.67 bits per heavy atom. The van der Waals surface area contributed by atoms with Crippen LogP contribution in [0.5, 0.6) is 0 Å². The summed E-state index contributed by atoms with van der Waals surface area (Å²) in [6, 6.07) is 5.49. The van der Waals surface area contributed by atoms with Crippen molar-refractivity contribution in [1.82, 2.24) is 4.72 Å². The fraction of sp³-hybridized carbons (Fsp3) is 0.538. The van der Waals surface area contributed by atoms with Gasteiger partial charge < -0.3 is 0 Å².